The van der Waals surface area contributed by atoms with Crippen LogP contribution < -0.4 is 23.8 Å². The second-order valence-corrected chi connectivity index (χ2v) is 13.0. The number of nitrogens with zero attached hydrogens (tertiary/aromatic N) is 1. The van der Waals surface area contributed by atoms with Crippen molar-refractivity contribution in [3.8, 4) is 23.0 Å². The molecule has 0 saturated carbocycles. The molecule has 0 radical (unpaired) electrons. The fourth-order valence-electron chi connectivity index (χ4n) is 6.60. The summed E-state index contributed by atoms with van der Waals surface area (Å²) < 4.78 is 24.1. The van der Waals surface area contributed by atoms with Crippen LogP contribution in [0, 0.1) is 0 Å². The van der Waals surface area contributed by atoms with Gasteiger partial charge in [-0.25, -0.2) is 0 Å². The number of benzene rings is 2. The largest absolute Gasteiger partial charge is 0.449 e. The van der Waals surface area contributed by atoms with Gasteiger partial charge in [0.2, 0.25) is 11.6 Å². The van der Waals surface area contributed by atoms with E-state index in [1.807, 2.05) is 27.7 Å². The zero-order valence-corrected chi connectivity index (χ0v) is 24.8. The zero-order chi connectivity index (χ0) is 28.1. The van der Waals surface area contributed by atoms with Gasteiger partial charge >= 0.3 is 0 Å². The third-order valence-corrected chi connectivity index (χ3v) is 8.50. The van der Waals surface area contributed by atoms with Gasteiger partial charge in [0.15, 0.2) is 23.0 Å². The van der Waals surface area contributed by atoms with Gasteiger partial charge in [0.25, 0.3) is 0 Å². The Bertz CT molecular complexity index is 1530. The first kappa shape index (κ1) is 25.7. The molecule has 0 saturated heterocycles. The topological polar surface area (TPSA) is 40.2 Å². The van der Waals surface area contributed by atoms with Crippen LogP contribution in [0.2, 0.25) is 0 Å². The Morgan fingerprint density at radius 1 is 0.641 bits per heavy atom. The number of allylic oxidation sites excluding steroid dienone is 8. The summed E-state index contributed by atoms with van der Waals surface area (Å²) in [5, 5.41) is 0. The van der Waals surface area contributed by atoms with Crippen molar-refractivity contribution in [2.45, 2.75) is 84.7 Å². The molecule has 1 aliphatic carbocycles. The van der Waals surface area contributed by atoms with E-state index in [0.717, 1.165) is 28.7 Å². The molecule has 2 aromatic carbocycles. The molecule has 6 rings (SSSR count). The van der Waals surface area contributed by atoms with Crippen molar-refractivity contribution < 1.29 is 18.9 Å². The number of ether oxygens (including phenoxy) is 4. The van der Waals surface area contributed by atoms with Crippen molar-refractivity contribution in [2.75, 3.05) is 11.9 Å². The van der Waals surface area contributed by atoms with E-state index in [1.54, 1.807) is 0 Å². The molecule has 0 amide bonds. The first-order valence-corrected chi connectivity index (χ1v) is 13.7. The predicted molar refractivity (Wildman–Crippen MR) is 157 cm³/mol. The first-order chi connectivity index (χ1) is 18.1. The molecule has 0 atom stereocenters. The molecule has 0 bridgehead atoms. The molecule has 204 valence electrons. The minimum Gasteiger partial charge on any atom is -0.449 e. The van der Waals surface area contributed by atoms with Crippen LogP contribution >= 0.6 is 0 Å². The Kier molecular flexibility index (Phi) is 5.24. The van der Waals surface area contributed by atoms with Gasteiger partial charge in [0.05, 0.1) is 0 Å². The van der Waals surface area contributed by atoms with E-state index in [0.29, 0.717) is 0 Å². The van der Waals surface area contributed by atoms with E-state index >= 15 is 0 Å². The summed E-state index contributed by atoms with van der Waals surface area (Å²) in [5.41, 5.74) is 8.45. The summed E-state index contributed by atoms with van der Waals surface area (Å²) in [6.07, 6.45) is 10.8. The molecule has 39 heavy (non-hydrogen) atoms. The maximum absolute atomic E-state index is 6.03. The van der Waals surface area contributed by atoms with Gasteiger partial charge < -0.3 is 23.8 Å². The molecule has 4 aliphatic rings. The van der Waals surface area contributed by atoms with Gasteiger partial charge in [-0.1, -0.05) is 52.0 Å². The third-order valence-electron chi connectivity index (χ3n) is 8.50. The lowest BCUT2D eigenvalue weighted by Gasteiger charge is -2.24. The highest BCUT2D eigenvalue weighted by Gasteiger charge is 2.42. The molecule has 5 nitrogen and oxygen atoms in total. The average molecular weight is 526 g/mol. The summed E-state index contributed by atoms with van der Waals surface area (Å²) >= 11 is 0. The fourth-order valence-corrected chi connectivity index (χ4v) is 6.60. The highest BCUT2D eigenvalue weighted by molar-refractivity contribution is 5.83. The van der Waals surface area contributed by atoms with E-state index < -0.39 is 11.6 Å². The van der Waals surface area contributed by atoms with E-state index in [2.05, 4.69) is 101 Å². The number of likely N-dealkylation sites (N-methyl/N-ethyl adjacent to an activating group) is 1. The van der Waals surface area contributed by atoms with Crippen LogP contribution in [0.15, 0.2) is 65.9 Å². The van der Waals surface area contributed by atoms with Crippen molar-refractivity contribution in [1.82, 2.24) is 0 Å². The van der Waals surface area contributed by atoms with Crippen molar-refractivity contribution in [2.24, 2.45) is 0 Å². The summed E-state index contributed by atoms with van der Waals surface area (Å²) in [7, 11) is 2.12. The Balaban J connectivity index is 1.24. The highest BCUT2D eigenvalue weighted by atomic mass is 16.7. The van der Waals surface area contributed by atoms with Crippen molar-refractivity contribution >= 4 is 11.3 Å². The van der Waals surface area contributed by atoms with Crippen LogP contribution in [0.5, 0.6) is 23.0 Å². The fraction of sp³-hybridized carbons (Fsp3) is 0.412. The monoisotopic (exact) mass is 525 g/mol. The second kappa shape index (κ2) is 7.97. The third kappa shape index (κ3) is 3.89. The quantitative estimate of drug-likeness (QED) is 0.378. The minimum atomic E-state index is -0.629. The number of hydrogen-bond donors (Lipinski definition) is 0. The number of rotatable bonds is 3. The Morgan fingerprint density at radius 2 is 1.18 bits per heavy atom. The van der Waals surface area contributed by atoms with Gasteiger partial charge in [0.1, 0.15) is 0 Å². The molecular weight excluding hydrogens is 486 g/mol. The van der Waals surface area contributed by atoms with E-state index in [-0.39, 0.29) is 10.8 Å². The van der Waals surface area contributed by atoms with Crippen LogP contribution in [0.1, 0.15) is 79.0 Å². The molecule has 3 heterocycles. The standard InChI is InChI=1S/C34H39NO4/c1-20-21-16-26-27(37-33(6,7)36-26)17-23(21)31(2,3)22(20)14-12-11-13-15-30-32(4,5)24-18-28-29(19-25(24)35(30)10)39-34(8,9)38-28/h11-19H,1-10H3/b13-11+,14-12+,30-15-. The molecule has 0 spiro atoms. The normalized spacial score (nSPS) is 23.4. The molecule has 3 aliphatic heterocycles. The predicted octanol–water partition coefficient (Wildman–Crippen LogP) is 8.19. The summed E-state index contributed by atoms with van der Waals surface area (Å²) in [6, 6.07) is 8.54. The zero-order valence-electron chi connectivity index (χ0n) is 24.8. The Labute approximate surface area is 232 Å². The van der Waals surface area contributed by atoms with E-state index in [9.17, 15) is 0 Å². The van der Waals surface area contributed by atoms with Gasteiger partial charge in [-0.2, -0.15) is 0 Å². The Hall–Kier alpha value is -3.60. The Morgan fingerprint density at radius 3 is 1.79 bits per heavy atom. The van der Waals surface area contributed by atoms with Crippen molar-refractivity contribution in [3.05, 3.63) is 82.6 Å². The molecular formula is C34H39NO4. The van der Waals surface area contributed by atoms with Gasteiger partial charge in [-0.3, -0.25) is 0 Å². The van der Waals surface area contributed by atoms with Crippen molar-refractivity contribution in [3.63, 3.8) is 0 Å². The van der Waals surface area contributed by atoms with Crippen LogP contribution in [-0.4, -0.2) is 18.6 Å². The number of anilines is 1. The van der Waals surface area contributed by atoms with Crippen LogP contribution in [0.3, 0.4) is 0 Å². The molecule has 2 aromatic rings. The molecule has 5 heteroatoms. The maximum atomic E-state index is 6.03. The second-order valence-electron chi connectivity index (χ2n) is 13.0. The lowest BCUT2D eigenvalue weighted by molar-refractivity contribution is -0.0437. The average Bonchev–Trinajstić information content (AvgIpc) is 3.42. The highest BCUT2D eigenvalue weighted by Crippen LogP contribution is 2.54. The van der Waals surface area contributed by atoms with E-state index in [1.165, 1.54) is 33.5 Å². The minimum absolute atomic E-state index is 0.123. The van der Waals surface area contributed by atoms with Gasteiger partial charge in [-0.05, 0) is 59.0 Å². The first-order valence-electron chi connectivity index (χ1n) is 13.7. The summed E-state index contributed by atoms with van der Waals surface area (Å²) in [5.74, 6) is 2.01. The lowest BCUT2D eigenvalue weighted by atomic mass is 9.81. The maximum Gasteiger partial charge on any atom is 0.246 e. The van der Waals surface area contributed by atoms with Gasteiger partial charge in [-0.15, -0.1) is 0 Å². The van der Waals surface area contributed by atoms with E-state index in [4.69, 9.17) is 18.9 Å². The summed E-state index contributed by atoms with van der Waals surface area (Å²) in [6.45, 7) is 19.0. The van der Waals surface area contributed by atoms with Crippen LogP contribution in [0.4, 0.5) is 5.69 Å². The SMILES string of the molecule is CC1=C(/C=C/C=C/C=C2\N(C)c3cc4c(cc3C2(C)C)OC(C)(C)O4)C(C)(C)c2cc3c(cc21)OC(C)(C)O3. The molecule has 0 unspecified atom stereocenters. The number of fused-ring (bicyclic) bond motifs is 4. The molecule has 0 aromatic heterocycles. The van der Waals surface area contributed by atoms with Gasteiger partial charge in [0, 0.05) is 63.0 Å². The molecule has 0 N–H and O–H groups in total. The smallest absolute Gasteiger partial charge is 0.246 e. The van der Waals surface area contributed by atoms with Crippen LogP contribution in [-0.2, 0) is 10.8 Å². The number of hydrogen-bond acceptors (Lipinski definition) is 5. The molecule has 0 fully saturated rings. The van der Waals surface area contributed by atoms with Crippen LogP contribution in [0.25, 0.3) is 5.57 Å². The summed E-state index contributed by atoms with van der Waals surface area (Å²) in [4.78, 5) is 2.26. The van der Waals surface area contributed by atoms with Crippen molar-refractivity contribution in [1.29, 1.82) is 0 Å². The lowest BCUT2D eigenvalue weighted by Crippen LogP contribution is -2.29.